The first-order valence-corrected chi connectivity index (χ1v) is 9.18. The van der Waals surface area contributed by atoms with Crippen LogP contribution < -0.4 is 16.2 Å². The van der Waals surface area contributed by atoms with E-state index >= 15 is 0 Å². The van der Waals surface area contributed by atoms with E-state index in [1.807, 2.05) is 0 Å². The Kier molecular flexibility index (Phi) is 5.76. The summed E-state index contributed by atoms with van der Waals surface area (Å²) in [5.74, 6) is -0.395. The van der Waals surface area contributed by atoms with E-state index in [9.17, 15) is 9.18 Å². The van der Waals surface area contributed by atoms with Crippen molar-refractivity contribution in [3.05, 3.63) is 65.1 Å². The minimum atomic E-state index is -0.421. The van der Waals surface area contributed by atoms with Crippen molar-refractivity contribution < 1.29 is 9.18 Å². The summed E-state index contributed by atoms with van der Waals surface area (Å²) < 4.78 is 15.7. The smallest absolute Gasteiger partial charge is 0.266 e. The van der Waals surface area contributed by atoms with Crippen LogP contribution in [-0.4, -0.2) is 20.7 Å². The number of rotatable bonds is 5. The number of aromatic nitrogens is 3. The van der Waals surface area contributed by atoms with Crippen molar-refractivity contribution in [3.63, 3.8) is 0 Å². The van der Waals surface area contributed by atoms with Gasteiger partial charge in [0.15, 0.2) is 0 Å². The lowest BCUT2D eigenvalue weighted by Gasteiger charge is -2.08. The third-order valence-corrected chi connectivity index (χ3v) is 4.76. The SMILES string of the molecule is C/C(N)=C(/SN)C(=O)Nc1ccc(-c2cc(-c3ccccc3F)nn2C)cn1. The van der Waals surface area contributed by atoms with Crippen LogP contribution in [0.25, 0.3) is 22.5 Å². The first-order chi connectivity index (χ1) is 13.4. The Morgan fingerprint density at radius 2 is 2.00 bits per heavy atom. The topological polar surface area (TPSA) is 112 Å². The van der Waals surface area contributed by atoms with Crippen LogP contribution in [0, 0.1) is 5.82 Å². The molecular weight excluding hydrogens is 379 g/mol. The maximum atomic E-state index is 14.0. The molecule has 3 aromatic rings. The first kappa shape index (κ1) is 19.6. The van der Waals surface area contributed by atoms with Gasteiger partial charge in [-0.2, -0.15) is 5.10 Å². The molecule has 0 aliphatic heterocycles. The molecule has 9 heteroatoms. The van der Waals surface area contributed by atoms with Crippen molar-refractivity contribution in [1.29, 1.82) is 0 Å². The molecule has 144 valence electrons. The van der Waals surface area contributed by atoms with Crippen LogP contribution in [0.4, 0.5) is 10.2 Å². The number of nitrogens with zero attached hydrogens (tertiary/aromatic N) is 3. The van der Waals surface area contributed by atoms with Gasteiger partial charge in [0.1, 0.15) is 16.5 Å². The molecule has 5 N–H and O–H groups in total. The Balaban J connectivity index is 1.84. The lowest BCUT2D eigenvalue weighted by atomic mass is 10.1. The zero-order valence-electron chi connectivity index (χ0n) is 15.3. The number of nitrogens with one attached hydrogen (secondary N) is 1. The minimum absolute atomic E-state index is 0.229. The van der Waals surface area contributed by atoms with E-state index in [1.54, 1.807) is 61.2 Å². The third-order valence-electron chi connectivity index (χ3n) is 4.01. The van der Waals surface area contributed by atoms with Crippen molar-refractivity contribution in [1.82, 2.24) is 14.8 Å². The van der Waals surface area contributed by atoms with E-state index in [4.69, 9.17) is 10.9 Å². The highest BCUT2D eigenvalue weighted by molar-refractivity contribution is 8.01. The summed E-state index contributed by atoms with van der Waals surface area (Å²) in [6.45, 7) is 1.60. The summed E-state index contributed by atoms with van der Waals surface area (Å²) in [7, 11) is 1.77. The monoisotopic (exact) mass is 398 g/mol. The van der Waals surface area contributed by atoms with Gasteiger partial charge in [0.05, 0.1) is 11.4 Å². The maximum Gasteiger partial charge on any atom is 0.266 e. The van der Waals surface area contributed by atoms with Crippen molar-refractivity contribution in [2.24, 2.45) is 17.9 Å². The average Bonchev–Trinajstić information content (AvgIpc) is 3.04. The van der Waals surface area contributed by atoms with Gasteiger partial charge < -0.3 is 11.1 Å². The van der Waals surface area contributed by atoms with Gasteiger partial charge in [0.2, 0.25) is 0 Å². The molecule has 0 bridgehead atoms. The van der Waals surface area contributed by atoms with Gasteiger partial charge in [-0.25, -0.2) is 9.37 Å². The fraction of sp³-hybridized carbons (Fsp3) is 0.105. The molecule has 0 saturated carbocycles. The molecule has 7 nitrogen and oxygen atoms in total. The van der Waals surface area contributed by atoms with Crippen LogP contribution in [0.15, 0.2) is 59.3 Å². The van der Waals surface area contributed by atoms with Crippen LogP contribution in [0.2, 0.25) is 0 Å². The van der Waals surface area contributed by atoms with Crippen LogP contribution in [0.5, 0.6) is 0 Å². The van der Waals surface area contributed by atoms with Gasteiger partial charge in [-0.05, 0) is 49.2 Å². The molecule has 0 saturated heterocycles. The van der Waals surface area contributed by atoms with E-state index in [0.29, 0.717) is 22.8 Å². The molecule has 0 radical (unpaired) electrons. The van der Waals surface area contributed by atoms with E-state index in [2.05, 4.69) is 15.4 Å². The fourth-order valence-electron chi connectivity index (χ4n) is 2.66. The van der Waals surface area contributed by atoms with Gasteiger partial charge in [0, 0.05) is 30.1 Å². The minimum Gasteiger partial charge on any atom is -0.401 e. The van der Waals surface area contributed by atoms with Crippen molar-refractivity contribution >= 4 is 23.7 Å². The van der Waals surface area contributed by atoms with Crippen LogP contribution in [-0.2, 0) is 11.8 Å². The number of carbonyl (C=O) groups is 1. The van der Waals surface area contributed by atoms with Crippen molar-refractivity contribution in [2.45, 2.75) is 6.92 Å². The van der Waals surface area contributed by atoms with E-state index in [1.165, 1.54) is 6.07 Å². The number of hydrogen-bond acceptors (Lipinski definition) is 6. The number of allylic oxidation sites excluding steroid dienone is 1. The Morgan fingerprint density at radius 1 is 1.25 bits per heavy atom. The molecule has 0 fully saturated rings. The molecule has 1 aromatic carbocycles. The molecule has 28 heavy (non-hydrogen) atoms. The molecule has 0 atom stereocenters. The summed E-state index contributed by atoms with van der Waals surface area (Å²) in [6.07, 6.45) is 1.60. The highest BCUT2D eigenvalue weighted by atomic mass is 32.2. The zero-order chi connectivity index (χ0) is 20.3. The first-order valence-electron chi connectivity index (χ1n) is 8.30. The van der Waals surface area contributed by atoms with E-state index in [0.717, 1.165) is 23.2 Å². The molecule has 0 unspecified atom stereocenters. The van der Waals surface area contributed by atoms with Gasteiger partial charge in [-0.15, -0.1) is 0 Å². The molecule has 0 aliphatic rings. The summed E-state index contributed by atoms with van der Waals surface area (Å²) in [4.78, 5) is 16.6. The summed E-state index contributed by atoms with van der Waals surface area (Å²) >= 11 is 0.782. The van der Waals surface area contributed by atoms with Crippen LogP contribution >= 0.6 is 11.9 Å². The molecule has 2 heterocycles. The normalized spacial score (nSPS) is 11.9. The van der Waals surface area contributed by atoms with Crippen LogP contribution in [0.3, 0.4) is 0 Å². The van der Waals surface area contributed by atoms with E-state index in [-0.39, 0.29) is 10.7 Å². The number of aryl methyl sites for hydroxylation is 1. The summed E-state index contributed by atoms with van der Waals surface area (Å²) in [5, 5.41) is 12.5. The van der Waals surface area contributed by atoms with Gasteiger partial charge >= 0.3 is 0 Å². The Bertz CT molecular complexity index is 1040. The number of benzene rings is 1. The lowest BCUT2D eigenvalue weighted by Crippen LogP contribution is -2.17. The zero-order valence-corrected chi connectivity index (χ0v) is 16.1. The number of halogens is 1. The van der Waals surface area contributed by atoms with Gasteiger partial charge in [0.25, 0.3) is 5.91 Å². The largest absolute Gasteiger partial charge is 0.401 e. The van der Waals surface area contributed by atoms with Crippen LogP contribution in [0.1, 0.15) is 6.92 Å². The Hall–Kier alpha value is -3.17. The number of carbonyl (C=O) groups excluding carboxylic acids is 1. The second-order valence-electron chi connectivity index (χ2n) is 6.03. The third kappa shape index (κ3) is 4.05. The highest BCUT2D eigenvalue weighted by Gasteiger charge is 2.14. The lowest BCUT2D eigenvalue weighted by molar-refractivity contribution is -0.112. The van der Waals surface area contributed by atoms with Gasteiger partial charge in [-0.1, -0.05) is 12.1 Å². The Morgan fingerprint density at radius 3 is 2.61 bits per heavy atom. The quantitative estimate of drug-likeness (QED) is 0.450. The second-order valence-corrected chi connectivity index (χ2v) is 6.68. The fourth-order valence-corrected chi connectivity index (χ4v) is 3.00. The van der Waals surface area contributed by atoms with E-state index < -0.39 is 5.91 Å². The second kappa shape index (κ2) is 8.24. The molecular formula is C19H19FN6OS. The number of nitrogens with two attached hydrogens (primary N) is 2. The molecule has 0 aliphatic carbocycles. The standard InChI is InChI=1S/C19H19FN6OS/c1-11(21)18(28-22)19(27)24-17-8-7-12(10-23-17)16-9-15(25-26(16)2)13-5-3-4-6-14(13)20/h3-10H,21-22H2,1-2H3,(H,23,24,27)/b18-11-. The average molecular weight is 398 g/mol. The molecule has 3 rings (SSSR count). The predicted octanol–water partition coefficient (Wildman–Crippen LogP) is 3.02. The molecule has 1 amide bonds. The maximum absolute atomic E-state index is 14.0. The van der Waals surface area contributed by atoms with Crippen molar-refractivity contribution in [2.75, 3.05) is 5.32 Å². The summed E-state index contributed by atoms with van der Waals surface area (Å²) in [6, 6.07) is 11.7. The van der Waals surface area contributed by atoms with Gasteiger partial charge in [-0.3, -0.25) is 14.6 Å². The molecule has 2 aromatic heterocycles. The highest BCUT2D eigenvalue weighted by Crippen LogP contribution is 2.27. The predicted molar refractivity (Wildman–Crippen MR) is 109 cm³/mol. The Labute approximate surface area is 165 Å². The number of amides is 1. The molecule has 0 spiro atoms. The van der Waals surface area contributed by atoms with Crippen molar-refractivity contribution in [3.8, 4) is 22.5 Å². The number of anilines is 1. The number of hydrogen-bond donors (Lipinski definition) is 3. The summed E-state index contributed by atoms with van der Waals surface area (Å²) in [5.41, 5.74) is 8.46. The number of pyridine rings is 1.